The number of hydrogen-bond donors (Lipinski definition) is 1. The lowest BCUT2D eigenvalue weighted by molar-refractivity contribution is 0.576. The molecule has 0 radical (unpaired) electrons. The topological polar surface area (TPSA) is 50.9 Å². The van der Waals surface area contributed by atoms with Gasteiger partial charge in [-0.05, 0) is 28.5 Å². The highest BCUT2D eigenvalue weighted by Gasteiger charge is 2.09. The summed E-state index contributed by atoms with van der Waals surface area (Å²) in [4.78, 5) is 12.2. The Bertz CT molecular complexity index is 972. The fourth-order valence-electron chi connectivity index (χ4n) is 2.71. The van der Waals surface area contributed by atoms with Crippen molar-refractivity contribution in [1.82, 2.24) is 9.78 Å². The molecule has 0 aliphatic rings. The number of aromatic nitrogens is 2. The van der Waals surface area contributed by atoms with Gasteiger partial charge in [-0.3, -0.25) is 9.89 Å². The molecule has 108 valence electrons. The number of nitrogens with zero attached hydrogens (tertiary/aromatic N) is 1. The van der Waals surface area contributed by atoms with Crippen LogP contribution in [0.4, 0.5) is 0 Å². The van der Waals surface area contributed by atoms with Gasteiger partial charge in [-0.1, -0.05) is 42.5 Å². The van der Waals surface area contributed by atoms with Crippen LogP contribution in [0.3, 0.4) is 0 Å². The zero-order valence-electron chi connectivity index (χ0n) is 11.8. The van der Waals surface area contributed by atoms with E-state index in [1.54, 1.807) is 23.1 Å². The van der Waals surface area contributed by atoms with Gasteiger partial charge in [0.2, 0.25) is 0 Å². The zero-order valence-corrected chi connectivity index (χ0v) is 11.8. The predicted octanol–water partition coefficient (Wildman–Crippen LogP) is 3.64. The van der Waals surface area contributed by atoms with Gasteiger partial charge in [0.05, 0.1) is 12.8 Å². The highest BCUT2D eigenvalue weighted by atomic mass is 16.3. The van der Waals surface area contributed by atoms with E-state index < -0.39 is 0 Å². The summed E-state index contributed by atoms with van der Waals surface area (Å²) in [5.74, 6) is 0.661. The van der Waals surface area contributed by atoms with Gasteiger partial charge in [-0.2, -0.15) is 0 Å². The molecule has 0 aliphatic carbocycles. The summed E-state index contributed by atoms with van der Waals surface area (Å²) in [5.41, 5.74) is 1.72. The first-order valence-electron chi connectivity index (χ1n) is 7.12. The van der Waals surface area contributed by atoms with Gasteiger partial charge in [0.1, 0.15) is 5.69 Å². The summed E-state index contributed by atoms with van der Waals surface area (Å²) in [6.07, 6.45) is 1.59. The van der Waals surface area contributed by atoms with E-state index in [9.17, 15) is 4.79 Å². The van der Waals surface area contributed by atoms with E-state index in [1.165, 1.54) is 5.39 Å². The molecular formula is C18H14N2O2. The van der Waals surface area contributed by atoms with Crippen molar-refractivity contribution in [2.24, 2.45) is 0 Å². The predicted molar refractivity (Wildman–Crippen MR) is 85.8 cm³/mol. The summed E-state index contributed by atoms with van der Waals surface area (Å²) in [7, 11) is 0. The Balaban J connectivity index is 1.76. The third-order valence-electron chi connectivity index (χ3n) is 3.78. The fourth-order valence-corrected chi connectivity index (χ4v) is 2.71. The minimum Gasteiger partial charge on any atom is -0.463 e. The van der Waals surface area contributed by atoms with E-state index in [4.69, 9.17) is 4.42 Å². The van der Waals surface area contributed by atoms with Crippen LogP contribution in [0.5, 0.6) is 0 Å². The van der Waals surface area contributed by atoms with Crippen molar-refractivity contribution in [3.63, 3.8) is 0 Å². The van der Waals surface area contributed by atoms with Crippen LogP contribution in [-0.4, -0.2) is 9.78 Å². The number of fused-ring (bicyclic) bond motifs is 1. The van der Waals surface area contributed by atoms with E-state index >= 15 is 0 Å². The number of aromatic amines is 1. The van der Waals surface area contributed by atoms with Gasteiger partial charge in [-0.25, -0.2) is 4.68 Å². The van der Waals surface area contributed by atoms with Gasteiger partial charge in [0.25, 0.3) is 5.56 Å². The smallest absolute Gasteiger partial charge is 0.267 e. The second-order valence-electron chi connectivity index (χ2n) is 5.21. The molecule has 2 aromatic carbocycles. The average Bonchev–Trinajstić information content (AvgIpc) is 3.18. The Labute approximate surface area is 126 Å². The number of rotatable bonds is 3. The van der Waals surface area contributed by atoms with Gasteiger partial charge in [-0.15, -0.1) is 0 Å². The van der Waals surface area contributed by atoms with Crippen molar-refractivity contribution >= 4 is 10.8 Å². The van der Waals surface area contributed by atoms with Gasteiger partial charge < -0.3 is 4.42 Å². The van der Waals surface area contributed by atoms with Crippen molar-refractivity contribution < 1.29 is 4.42 Å². The molecule has 0 aliphatic heterocycles. The average molecular weight is 290 g/mol. The quantitative estimate of drug-likeness (QED) is 0.626. The van der Waals surface area contributed by atoms with Crippen LogP contribution >= 0.6 is 0 Å². The summed E-state index contributed by atoms with van der Waals surface area (Å²) in [6.45, 7) is 0.501. The minimum atomic E-state index is -0.0701. The SMILES string of the molecule is O=c1cc(-c2ccco2)[nH]n1Cc1cccc2ccccc12. The Kier molecular flexibility index (Phi) is 2.93. The number of benzene rings is 2. The van der Waals surface area contributed by atoms with Crippen LogP contribution in [0.15, 0.2) is 76.1 Å². The number of furan rings is 1. The molecule has 0 saturated carbocycles. The van der Waals surface area contributed by atoms with Crippen LogP contribution in [0.2, 0.25) is 0 Å². The van der Waals surface area contributed by atoms with Crippen molar-refractivity contribution in [2.75, 3.05) is 0 Å². The highest BCUT2D eigenvalue weighted by molar-refractivity contribution is 5.85. The number of H-pyrrole nitrogens is 1. The van der Waals surface area contributed by atoms with E-state index in [-0.39, 0.29) is 5.56 Å². The minimum absolute atomic E-state index is 0.0701. The lowest BCUT2D eigenvalue weighted by Crippen LogP contribution is -2.16. The van der Waals surface area contributed by atoms with Crippen molar-refractivity contribution in [2.45, 2.75) is 6.54 Å². The van der Waals surface area contributed by atoms with Crippen molar-refractivity contribution in [1.29, 1.82) is 0 Å². The monoisotopic (exact) mass is 290 g/mol. The van der Waals surface area contributed by atoms with Crippen LogP contribution < -0.4 is 5.56 Å². The van der Waals surface area contributed by atoms with Crippen molar-refractivity contribution in [3.8, 4) is 11.5 Å². The molecule has 0 amide bonds. The standard InChI is InChI=1S/C18H14N2O2/c21-18-11-16(17-9-4-10-22-17)19-20(18)12-14-7-3-6-13-5-1-2-8-15(13)14/h1-11,19H,12H2. The molecule has 4 heteroatoms. The summed E-state index contributed by atoms with van der Waals surface area (Å²) < 4.78 is 6.92. The molecule has 2 aromatic heterocycles. The highest BCUT2D eigenvalue weighted by Crippen LogP contribution is 2.20. The number of nitrogens with one attached hydrogen (secondary N) is 1. The Morgan fingerprint density at radius 2 is 1.86 bits per heavy atom. The van der Waals surface area contributed by atoms with Crippen LogP contribution in [0, 0.1) is 0 Å². The second kappa shape index (κ2) is 5.07. The molecule has 0 spiro atoms. The summed E-state index contributed by atoms with van der Waals surface area (Å²) >= 11 is 0. The Morgan fingerprint density at radius 1 is 1.00 bits per heavy atom. The molecule has 22 heavy (non-hydrogen) atoms. The maximum absolute atomic E-state index is 12.2. The Hall–Kier alpha value is -3.01. The van der Waals surface area contributed by atoms with E-state index in [0.717, 1.165) is 10.9 Å². The van der Waals surface area contributed by atoms with E-state index in [0.29, 0.717) is 18.0 Å². The molecule has 4 rings (SSSR count). The fraction of sp³-hybridized carbons (Fsp3) is 0.0556. The lowest BCUT2D eigenvalue weighted by atomic mass is 10.0. The first kappa shape index (κ1) is 12.7. The molecule has 2 heterocycles. The normalized spacial score (nSPS) is 11.1. The molecule has 0 bridgehead atoms. The first-order valence-corrected chi connectivity index (χ1v) is 7.12. The maximum Gasteiger partial charge on any atom is 0.267 e. The van der Waals surface area contributed by atoms with Crippen LogP contribution in [0.1, 0.15) is 5.56 Å². The second-order valence-corrected chi connectivity index (χ2v) is 5.21. The van der Waals surface area contributed by atoms with Gasteiger partial charge in [0.15, 0.2) is 5.76 Å². The van der Waals surface area contributed by atoms with Crippen LogP contribution in [-0.2, 0) is 6.54 Å². The molecule has 0 saturated heterocycles. The molecular weight excluding hydrogens is 276 g/mol. The summed E-state index contributed by atoms with van der Waals surface area (Å²) in [5, 5.41) is 5.44. The molecule has 1 N–H and O–H groups in total. The molecule has 4 nitrogen and oxygen atoms in total. The molecule has 0 atom stereocenters. The van der Waals surface area contributed by atoms with Crippen LogP contribution in [0.25, 0.3) is 22.2 Å². The van der Waals surface area contributed by atoms with Gasteiger partial charge in [0, 0.05) is 6.07 Å². The van der Waals surface area contributed by atoms with Gasteiger partial charge >= 0.3 is 0 Å². The third-order valence-corrected chi connectivity index (χ3v) is 3.78. The number of hydrogen-bond acceptors (Lipinski definition) is 2. The Morgan fingerprint density at radius 3 is 2.73 bits per heavy atom. The molecule has 0 fully saturated rings. The first-order chi connectivity index (χ1) is 10.8. The zero-order chi connectivity index (χ0) is 14.9. The summed E-state index contributed by atoms with van der Waals surface area (Å²) in [6, 6.07) is 19.5. The largest absolute Gasteiger partial charge is 0.463 e. The van der Waals surface area contributed by atoms with E-state index in [2.05, 4.69) is 23.3 Å². The third kappa shape index (κ3) is 2.15. The maximum atomic E-state index is 12.2. The molecule has 4 aromatic rings. The molecule has 0 unspecified atom stereocenters. The van der Waals surface area contributed by atoms with Crippen molar-refractivity contribution in [3.05, 3.63) is 82.8 Å². The lowest BCUT2D eigenvalue weighted by Gasteiger charge is -2.07. The van der Waals surface area contributed by atoms with E-state index in [1.807, 2.05) is 30.3 Å².